The Hall–Kier alpha value is -2.88. The molecule has 0 heterocycles. The third-order valence-corrected chi connectivity index (χ3v) is 3.78. The van der Waals surface area contributed by atoms with Gasteiger partial charge >= 0.3 is 5.97 Å². The van der Waals surface area contributed by atoms with Crippen LogP contribution in [0.1, 0.15) is 41.3 Å². The second-order valence-electron chi connectivity index (χ2n) is 5.88. The number of hydrogen-bond donors (Lipinski definition) is 0. The zero-order valence-corrected chi connectivity index (χ0v) is 14.7. The van der Waals surface area contributed by atoms with Crippen LogP contribution in [0.25, 0.3) is 6.08 Å². The van der Waals surface area contributed by atoms with Gasteiger partial charge < -0.3 is 9.47 Å². The topological polar surface area (TPSA) is 52.6 Å². The van der Waals surface area contributed by atoms with Crippen LogP contribution in [0.3, 0.4) is 0 Å². The number of para-hydroxylation sites is 1. The van der Waals surface area contributed by atoms with Crippen molar-refractivity contribution in [3.05, 3.63) is 71.3 Å². The van der Waals surface area contributed by atoms with Gasteiger partial charge in [-0.05, 0) is 23.6 Å². The van der Waals surface area contributed by atoms with Crippen molar-refractivity contribution in [2.75, 3.05) is 13.7 Å². The molecule has 0 N–H and O–H groups in total. The van der Waals surface area contributed by atoms with Crippen molar-refractivity contribution in [3.8, 4) is 5.75 Å². The molecule has 0 saturated carbocycles. The summed E-state index contributed by atoms with van der Waals surface area (Å²) in [5.74, 6) is 0.266. The van der Waals surface area contributed by atoms with Gasteiger partial charge in [0.05, 0.1) is 7.11 Å². The fourth-order valence-corrected chi connectivity index (χ4v) is 2.28. The van der Waals surface area contributed by atoms with Crippen LogP contribution in [0.2, 0.25) is 0 Å². The Morgan fingerprint density at radius 3 is 2.36 bits per heavy atom. The van der Waals surface area contributed by atoms with Crippen LogP contribution in [0, 0.1) is 0 Å². The lowest BCUT2D eigenvalue weighted by molar-refractivity contribution is -0.136. The molecule has 0 amide bonds. The van der Waals surface area contributed by atoms with Crippen LogP contribution in [-0.2, 0) is 9.53 Å². The van der Waals surface area contributed by atoms with Crippen molar-refractivity contribution in [1.29, 1.82) is 0 Å². The molecule has 2 aromatic rings. The number of Topliss-reactive ketones (excluding diaryl/α,β-unsaturated/α-hetero) is 1. The molecule has 4 nitrogen and oxygen atoms in total. The maximum absolute atomic E-state index is 12.1. The van der Waals surface area contributed by atoms with E-state index in [1.54, 1.807) is 31.4 Å². The van der Waals surface area contributed by atoms with E-state index in [1.807, 2.05) is 30.3 Å². The summed E-state index contributed by atoms with van der Waals surface area (Å²) in [7, 11) is 1.56. The summed E-state index contributed by atoms with van der Waals surface area (Å²) in [5.41, 5.74) is 2.46. The number of benzene rings is 2. The molecule has 0 aliphatic rings. The van der Waals surface area contributed by atoms with Crippen LogP contribution < -0.4 is 4.74 Å². The van der Waals surface area contributed by atoms with Gasteiger partial charge in [0, 0.05) is 17.2 Å². The maximum atomic E-state index is 12.1. The van der Waals surface area contributed by atoms with Crippen LogP contribution in [0.15, 0.2) is 54.6 Å². The van der Waals surface area contributed by atoms with Gasteiger partial charge in [-0.25, -0.2) is 4.79 Å². The van der Waals surface area contributed by atoms with Gasteiger partial charge in [-0.15, -0.1) is 0 Å². The summed E-state index contributed by atoms with van der Waals surface area (Å²) in [6, 6.07) is 14.7. The first-order chi connectivity index (χ1) is 12.0. The molecule has 25 heavy (non-hydrogen) atoms. The number of carbonyl (C=O) groups excluding carboxylic acids is 2. The van der Waals surface area contributed by atoms with Gasteiger partial charge in [-0.1, -0.05) is 56.3 Å². The minimum absolute atomic E-state index is 0.227. The molecule has 0 saturated heterocycles. The fraction of sp³-hybridized carbons (Fsp3) is 0.238. The average Bonchev–Trinajstić information content (AvgIpc) is 2.64. The highest BCUT2D eigenvalue weighted by Crippen LogP contribution is 2.18. The molecule has 0 fully saturated rings. The van der Waals surface area contributed by atoms with Crippen molar-refractivity contribution < 1.29 is 19.1 Å². The Morgan fingerprint density at radius 1 is 1.04 bits per heavy atom. The molecule has 130 valence electrons. The van der Waals surface area contributed by atoms with E-state index in [0.717, 1.165) is 11.1 Å². The minimum Gasteiger partial charge on any atom is -0.496 e. The van der Waals surface area contributed by atoms with E-state index >= 15 is 0 Å². The molecule has 0 bridgehead atoms. The van der Waals surface area contributed by atoms with E-state index < -0.39 is 5.97 Å². The fourth-order valence-electron chi connectivity index (χ4n) is 2.28. The Labute approximate surface area is 148 Å². The summed E-state index contributed by atoms with van der Waals surface area (Å²) >= 11 is 0. The van der Waals surface area contributed by atoms with Crippen molar-refractivity contribution >= 4 is 17.8 Å². The van der Waals surface area contributed by atoms with Crippen molar-refractivity contribution in [3.63, 3.8) is 0 Å². The lowest BCUT2D eigenvalue weighted by Gasteiger charge is -2.06. The molecule has 2 rings (SSSR count). The van der Waals surface area contributed by atoms with E-state index in [2.05, 4.69) is 13.8 Å². The lowest BCUT2D eigenvalue weighted by atomic mass is 10.0. The maximum Gasteiger partial charge on any atom is 0.331 e. The van der Waals surface area contributed by atoms with Crippen LogP contribution in [0.5, 0.6) is 5.75 Å². The summed E-state index contributed by atoms with van der Waals surface area (Å²) < 4.78 is 10.2. The zero-order valence-electron chi connectivity index (χ0n) is 14.7. The van der Waals surface area contributed by atoms with Gasteiger partial charge in [0.25, 0.3) is 0 Å². The van der Waals surface area contributed by atoms with E-state index in [4.69, 9.17) is 9.47 Å². The first-order valence-corrected chi connectivity index (χ1v) is 8.12. The number of ketones is 1. The number of methoxy groups -OCH3 is 1. The quantitative estimate of drug-likeness (QED) is 0.430. The monoisotopic (exact) mass is 338 g/mol. The SMILES string of the molecule is COc1ccccc1/C=C/C(=O)OCC(=O)c1ccc(C(C)C)cc1. The Balaban J connectivity index is 1.90. The van der Waals surface area contributed by atoms with Gasteiger partial charge in [0.2, 0.25) is 0 Å². The molecule has 0 spiro atoms. The van der Waals surface area contributed by atoms with Gasteiger partial charge in [0.1, 0.15) is 5.75 Å². The molecule has 0 aliphatic carbocycles. The van der Waals surface area contributed by atoms with E-state index in [-0.39, 0.29) is 12.4 Å². The van der Waals surface area contributed by atoms with Gasteiger partial charge in [-0.2, -0.15) is 0 Å². The van der Waals surface area contributed by atoms with Crippen molar-refractivity contribution in [2.24, 2.45) is 0 Å². The first-order valence-electron chi connectivity index (χ1n) is 8.12. The summed E-state index contributed by atoms with van der Waals surface area (Å²) in [6.45, 7) is 3.90. The predicted molar refractivity (Wildman–Crippen MR) is 97.8 cm³/mol. The minimum atomic E-state index is -0.571. The molecular weight excluding hydrogens is 316 g/mol. The molecule has 4 heteroatoms. The summed E-state index contributed by atoms with van der Waals surface area (Å²) in [5, 5.41) is 0. The molecule has 0 atom stereocenters. The van der Waals surface area contributed by atoms with Crippen LogP contribution in [0.4, 0.5) is 0 Å². The van der Waals surface area contributed by atoms with Crippen LogP contribution >= 0.6 is 0 Å². The molecule has 0 aromatic heterocycles. The largest absolute Gasteiger partial charge is 0.496 e. The molecular formula is C21H22O4. The standard InChI is InChI=1S/C21H22O4/c1-15(2)16-8-10-17(11-9-16)19(22)14-25-21(23)13-12-18-6-4-5-7-20(18)24-3/h4-13,15H,14H2,1-3H3/b13-12+. The average molecular weight is 338 g/mol. The number of hydrogen-bond acceptors (Lipinski definition) is 4. The molecule has 2 aromatic carbocycles. The third kappa shape index (κ3) is 5.31. The normalized spacial score (nSPS) is 10.9. The second kappa shape index (κ2) is 8.83. The highest BCUT2D eigenvalue weighted by atomic mass is 16.5. The number of ether oxygens (including phenoxy) is 2. The van der Waals surface area contributed by atoms with Crippen molar-refractivity contribution in [1.82, 2.24) is 0 Å². The molecule has 0 aliphatic heterocycles. The van der Waals surface area contributed by atoms with E-state index in [1.165, 1.54) is 6.08 Å². The Bertz CT molecular complexity index is 758. The van der Waals surface area contributed by atoms with Gasteiger partial charge in [0.15, 0.2) is 12.4 Å². The second-order valence-corrected chi connectivity index (χ2v) is 5.88. The van der Waals surface area contributed by atoms with Gasteiger partial charge in [-0.3, -0.25) is 4.79 Å². The predicted octanol–water partition coefficient (Wildman–Crippen LogP) is 4.26. The highest BCUT2D eigenvalue weighted by Gasteiger charge is 2.09. The van der Waals surface area contributed by atoms with E-state index in [9.17, 15) is 9.59 Å². The smallest absolute Gasteiger partial charge is 0.331 e. The highest BCUT2D eigenvalue weighted by molar-refractivity contribution is 5.99. The van der Waals surface area contributed by atoms with Crippen molar-refractivity contribution in [2.45, 2.75) is 19.8 Å². The first kappa shape index (κ1) is 18.5. The molecule has 0 unspecified atom stereocenters. The Kier molecular flexibility index (Phi) is 6.52. The lowest BCUT2D eigenvalue weighted by Crippen LogP contribution is -2.12. The third-order valence-electron chi connectivity index (χ3n) is 3.78. The summed E-state index contributed by atoms with van der Waals surface area (Å²) in [4.78, 5) is 23.9. The van der Waals surface area contributed by atoms with Crippen LogP contribution in [-0.4, -0.2) is 25.5 Å². The number of esters is 1. The number of carbonyl (C=O) groups is 2. The Morgan fingerprint density at radius 2 is 1.72 bits per heavy atom. The molecule has 0 radical (unpaired) electrons. The zero-order chi connectivity index (χ0) is 18.2. The van der Waals surface area contributed by atoms with E-state index in [0.29, 0.717) is 17.2 Å². The summed E-state index contributed by atoms with van der Waals surface area (Å²) in [6.07, 6.45) is 2.88. The number of rotatable bonds is 7.